The van der Waals surface area contributed by atoms with E-state index < -0.39 is 11.6 Å². The van der Waals surface area contributed by atoms with Crippen LogP contribution in [0.2, 0.25) is 0 Å². The Morgan fingerprint density at radius 3 is 2.59 bits per heavy atom. The van der Waals surface area contributed by atoms with Crippen molar-refractivity contribution < 1.29 is 8.78 Å². The maximum absolute atomic E-state index is 13.6. The van der Waals surface area contributed by atoms with Crippen LogP contribution in [0, 0.1) is 11.6 Å². The fourth-order valence-corrected chi connectivity index (χ4v) is 2.62. The third kappa shape index (κ3) is 2.83. The second-order valence-electron chi connectivity index (χ2n) is 4.73. The van der Waals surface area contributed by atoms with Crippen LogP contribution in [0.3, 0.4) is 0 Å². The minimum Gasteiger partial charge on any atom is -0.296 e. The summed E-state index contributed by atoms with van der Waals surface area (Å²) in [5.41, 5.74) is 0.216. The van der Waals surface area contributed by atoms with E-state index in [9.17, 15) is 8.78 Å². The van der Waals surface area contributed by atoms with Crippen LogP contribution in [0.15, 0.2) is 18.2 Å². The minimum atomic E-state index is -0.426. The van der Waals surface area contributed by atoms with E-state index in [0.717, 1.165) is 25.8 Å². The summed E-state index contributed by atoms with van der Waals surface area (Å²) >= 11 is 0. The van der Waals surface area contributed by atoms with E-state index in [0.29, 0.717) is 12.6 Å². The molecule has 0 aromatic heterocycles. The highest BCUT2D eigenvalue weighted by Crippen LogP contribution is 2.23. The molecule has 0 N–H and O–H groups in total. The van der Waals surface area contributed by atoms with Gasteiger partial charge >= 0.3 is 0 Å². The van der Waals surface area contributed by atoms with Gasteiger partial charge < -0.3 is 0 Å². The zero-order valence-corrected chi connectivity index (χ0v) is 10.3. The number of benzene rings is 1. The van der Waals surface area contributed by atoms with Crippen molar-refractivity contribution in [2.75, 3.05) is 6.54 Å². The average Bonchev–Trinajstić information content (AvgIpc) is 2.34. The van der Waals surface area contributed by atoms with E-state index in [1.165, 1.54) is 24.6 Å². The predicted octanol–water partition coefficient (Wildman–Crippen LogP) is 3.73. The van der Waals surface area contributed by atoms with Crippen molar-refractivity contribution in [3.63, 3.8) is 0 Å². The fraction of sp³-hybridized carbons (Fsp3) is 0.571. The highest BCUT2D eigenvalue weighted by atomic mass is 19.1. The van der Waals surface area contributed by atoms with Crippen molar-refractivity contribution in [2.45, 2.75) is 45.2 Å². The molecule has 1 fully saturated rings. The summed E-state index contributed by atoms with van der Waals surface area (Å²) in [5, 5.41) is 0. The monoisotopic (exact) mass is 239 g/mol. The molecule has 1 nitrogen and oxygen atoms in total. The van der Waals surface area contributed by atoms with Crippen LogP contribution < -0.4 is 0 Å². The Bertz CT molecular complexity index is 358. The molecule has 1 aliphatic heterocycles. The summed E-state index contributed by atoms with van der Waals surface area (Å²) in [6.45, 7) is 3.49. The molecule has 0 spiro atoms. The van der Waals surface area contributed by atoms with Gasteiger partial charge in [0.05, 0.1) is 0 Å². The molecule has 2 rings (SSSR count). The third-order valence-corrected chi connectivity index (χ3v) is 3.64. The smallest absolute Gasteiger partial charge is 0.130 e. The summed E-state index contributed by atoms with van der Waals surface area (Å²) in [6.07, 6.45) is 4.56. The Hall–Kier alpha value is -0.960. The van der Waals surface area contributed by atoms with E-state index in [1.807, 2.05) is 0 Å². The Kier molecular flexibility index (Phi) is 4.11. The van der Waals surface area contributed by atoms with Gasteiger partial charge in [-0.1, -0.05) is 19.4 Å². The Morgan fingerprint density at radius 2 is 1.94 bits per heavy atom. The standard InChI is InChI=1S/C14H19F2N/c1-2-11-6-3-4-9-17(11)10-12-13(15)7-5-8-14(12)16/h5,7-8,11H,2-4,6,9-10H2,1H3/t11-/m0/s1. The van der Waals surface area contributed by atoms with Gasteiger partial charge in [0.15, 0.2) is 0 Å². The molecule has 1 aromatic rings. The second-order valence-corrected chi connectivity index (χ2v) is 4.73. The zero-order chi connectivity index (χ0) is 12.3. The van der Waals surface area contributed by atoms with Gasteiger partial charge in [-0.15, -0.1) is 0 Å². The van der Waals surface area contributed by atoms with E-state index in [2.05, 4.69) is 11.8 Å². The molecule has 1 atom stereocenters. The summed E-state index contributed by atoms with van der Waals surface area (Å²) in [4.78, 5) is 2.21. The lowest BCUT2D eigenvalue weighted by molar-refractivity contribution is 0.133. The SMILES string of the molecule is CC[C@H]1CCCCN1Cc1c(F)cccc1F. The number of hydrogen-bond donors (Lipinski definition) is 0. The van der Waals surface area contributed by atoms with Crippen molar-refractivity contribution in [1.29, 1.82) is 0 Å². The third-order valence-electron chi connectivity index (χ3n) is 3.64. The average molecular weight is 239 g/mol. The first kappa shape index (κ1) is 12.5. The van der Waals surface area contributed by atoms with Crippen molar-refractivity contribution in [3.05, 3.63) is 35.4 Å². The first-order valence-electron chi connectivity index (χ1n) is 6.39. The van der Waals surface area contributed by atoms with Crippen LogP contribution in [0.5, 0.6) is 0 Å². The lowest BCUT2D eigenvalue weighted by Crippen LogP contribution is -2.38. The van der Waals surface area contributed by atoms with Crippen molar-refractivity contribution in [1.82, 2.24) is 4.90 Å². The molecule has 0 radical (unpaired) electrons. The van der Waals surface area contributed by atoms with Crippen molar-refractivity contribution in [3.8, 4) is 0 Å². The van der Waals surface area contributed by atoms with Gasteiger partial charge in [-0.05, 0) is 37.9 Å². The van der Waals surface area contributed by atoms with Crippen molar-refractivity contribution in [2.24, 2.45) is 0 Å². The summed E-state index contributed by atoms with van der Waals surface area (Å²) in [6, 6.07) is 4.57. The molecule has 3 heteroatoms. The second kappa shape index (κ2) is 5.58. The molecule has 1 heterocycles. The van der Waals surface area contributed by atoms with Crippen LogP contribution >= 0.6 is 0 Å². The largest absolute Gasteiger partial charge is 0.296 e. The van der Waals surface area contributed by atoms with E-state index in [1.54, 1.807) is 0 Å². The number of piperidine rings is 1. The maximum Gasteiger partial charge on any atom is 0.130 e. The summed E-state index contributed by atoms with van der Waals surface area (Å²) < 4.78 is 27.1. The van der Waals surface area contributed by atoms with Gasteiger partial charge in [0.2, 0.25) is 0 Å². The maximum atomic E-state index is 13.6. The van der Waals surface area contributed by atoms with Crippen LogP contribution in [-0.2, 0) is 6.54 Å². The molecule has 0 amide bonds. The summed E-state index contributed by atoms with van der Waals surface area (Å²) in [5.74, 6) is -0.851. The zero-order valence-electron chi connectivity index (χ0n) is 10.3. The molecular formula is C14H19F2N. The molecule has 94 valence electrons. The highest BCUT2D eigenvalue weighted by molar-refractivity contribution is 5.19. The lowest BCUT2D eigenvalue weighted by atomic mass is 9.99. The molecule has 0 unspecified atom stereocenters. The molecule has 0 saturated carbocycles. The van der Waals surface area contributed by atoms with Crippen LogP contribution in [-0.4, -0.2) is 17.5 Å². The normalized spacial score (nSPS) is 21.7. The number of nitrogens with zero attached hydrogens (tertiary/aromatic N) is 1. The van der Waals surface area contributed by atoms with Gasteiger partial charge in [-0.3, -0.25) is 4.90 Å². The topological polar surface area (TPSA) is 3.24 Å². The number of halogens is 2. The lowest BCUT2D eigenvalue weighted by Gasteiger charge is -2.35. The van der Waals surface area contributed by atoms with Crippen LogP contribution in [0.25, 0.3) is 0 Å². The van der Waals surface area contributed by atoms with Gasteiger partial charge in [0.1, 0.15) is 11.6 Å². The molecular weight excluding hydrogens is 220 g/mol. The number of rotatable bonds is 3. The van der Waals surface area contributed by atoms with E-state index >= 15 is 0 Å². The Balaban J connectivity index is 2.13. The van der Waals surface area contributed by atoms with Gasteiger partial charge in [0, 0.05) is 18.2 Å². The highest BCUT2D eigenvalue weighted by Gasteiger charge is 2.22. The first-order chi connectivity index (χ1) is 8.22. The first-order valence-corrected chi connectivity index (χ1v) is 6.39. The predicted molar refractivity (Wildman–Crippen MR) is 64.7 cm³/mol. The van der Waals surface area contributed by atoms with Crippen molar-refractivity contribution >= 4 is 0 Å². The van der Waals surface area contributed by atoms with Gasteiger partial charge in [-0.2, -0.15) is 0 Å². The molecule has 0 aliphatic carbocycles. The van der Waals surface area contributed by atoms with Gasteiger partial charge in [-0.25, -0.2) is 8.78 Å². The fourth-order valence-electron chi connectivity index (χ4n) is 2.62. The Labute approximate surface area is 101 Å². The molecule has 1 aliphatic rings. The van der Waals surface area contributed by atoms with Crippen LogP contribution in [0.4, 0.5) is 8.78 Å². The molecule has 1 saturated heterocycles. The number of likely N-dealkylation sites (tertiary alicyclic amines) is 1. The van der Waals surface area contributed by atoms with E-state index in [-0.39, 0.29) is 5.56 Å². The van der Waals surface area contributed by atoms with Gasteiger partial charge in [0.25, 0.3) is 0 Å². The quantitative estimate of drug-likeness (QED) is 0.777. The number of hydrogen-bond acceptors (Lipinski definition) is 1. The van der Waals surface area contributed by atoms with Crippen LogP contribution in [0.1, 0.15) is 38.2 Å². The minimum absolute atomic E-state index is 0.216. The molecule has 0 bridgehead atoms. The Morgan fingerprint density at radius 1 is 1.24 bits per heavy atom. The molecule has 17 heavy (non-hydrogen) atoms. The summed E-state index contributed by atoms with van der Waals surface area (Å²) in [7, 11) is 0. The van der Waals surface area contributed by atoms with E-state index in [4.69, 9.17) is 0 Å². The molecule has 1 aromatic carbocycles.